The van der Waals surface area contributed by atoms with Crippen molar-refractivity contribution in [2.45, 2.75) is 6.18 Å². The lowest BCUT2D eigenvalue weighted by molar-refractivity contribution is -0.153. The zero-order valence-corrected chi connectivity index (χ0v) is 6.44. The maximum atomic E-state index is 12.3. The first-order valence-electron chi connectivity index (χ1n) is 3.42. The fraction of sp³-hybridized carbons (Fsp3) is 0.250. The fourth-order valence-corrected chi connectivity index (χ4v) is 0.696. The highest BCUT2D eigenvalue weighted by Gasteiger charge is 2.28. The Morgan fingerprint density at radius 3 is 2.08 bits per heavy atom. The van der Waals surface area contributed by atoms with Crippen molar-refractivity contribution in [3.05, 3.63) is 30.1 Å². The molecule has 0 saturated heterocycles. The van der Waals surface area contributed by atoms with Gasteiger partial charge in [-0.05, 0) is 24.3 Å². The van der Waals surface area contributed by atoms with Gasteiger partial charge >= 0.3 is 6.18 Å². The highest BCUT2D eigenvalue weighted by Crippen LogP contribution is 2.18. The molecule has 0 radical (unpaired) electrons. The molecule has 1 nitrogen and oxygen atoms in total. The summed E-state index contributed by atoms with van der Waals surface area (Å²) in [4.78, 5) is 0. The summed E-state index contributed by atoms with van der Waals surface area (Å²) in [6.45, 7) is -1.36. The second-order valence-corrected chi connectivity index (χ2v) is 2.36. The minimum absolute atomic E-state index is 0.00118. The van der Waals surface area contributed by atoms with Crippen molar-refractivity contribution in [1.82, 2.24) is 0 Å². The van der Waals surface area contributed by atoms with Crippen LogP contribution in [0.15, 0.2) is 24.3 Å². The van der Waals surface area contributed by atoms with Crippen LogP contribution in [0, 0.1) is 5.82 Å². The van der Waals surface area contributed by atoms with Crippen LogP contribution in [0.25, 0.3) is 0 Å². The Morgan fingerprint density at radius 1 is 1.08 bits per heavy atom. The molecule has 0 amide bonds. The van der Waals surface area contributed by atoms with Gasteiger partial charge in [0.2, 0.25) is 0 Å². The highest BCUT2D eigenvalue weighted by molar-refractivity contribution is 5.22. The van der Waals surface area contributed by atoms with Crippen molar-refractivity contribution in [2.24, 2.45) is 0 Å². The quantitative estimate of drug-likeness (QED) is 0.657. The first-order valence-corrected chi connectivity index (χ1v) is 3.42. The number of hydrogen-bond acceptors (Lipinski definition) is 1. The summed E-state index contributed by atoms with van der Waals surface area (Å²) in [7, 11) is 0. The van der Waals surface area contributed by atoms with Crippen LogP contribution in [-0.2, 0) is 0 Å². The molecule has 0 aliphatic carbocycles. The van der Waals surface area contributed by atoms with Gasteiger partial charge in [-0.3, -0.25) is 0 Å². The van der Waals surface area contributed by atoms with Gasteiger partial charge < -0.3 is 4.74 Å². The van der Waals surface area contributed by atoms with E-state index in [1.807, 2.05) is 0 Å². The van der Waals surface area contributed by atoms with Gasteiger partial charge in [0.1, 0.15) is 11.6 Å². The summed E-state index contributed by atoms with van der Waals surface area (Å²) < 4.78 is 51.5. The Morgan fingerprint density at radius 2 is 1.62 bits per heavy atom. The van der Waals surface area contributed by atoms with Gasteiger partial charge in [-0.25, -0.2) is 4.39 Å². The molecular weight excluding hydrogens is 188 g/mol. The van der Waals surface area contributed by atoms with Crippen LogP contribution in [0.2, 0.25) is 0 Å². The van der Waals surface area contributed by atoms with Gasteiger partial charge in [-0.2, -0.15) is 13.2 Å². The molecule has 0 atom stereocenters. The van der Waals surface area contributed by atoms with Crippen LogP contribution in [-0.4, -0.2) is 12.8 Å². The molecule has 0 fully saturated rings. The lowest BCUT2D eigenvalue weighted by Crippen LogP contribution is -2.19. The minimum Gasteiger partial charge on any atom is -0.484 e. The highest BCUT2D eigenvalue weighted by atomic mass is 19.4. The Hall–Kier alpha value is -1.26. The Kier molecular flexibility index (Phi) is 2.75. The summed E-state index contributed by atoms with van der Waals surface area (Å²) in [5, 5.41) is 0. The van der Waals surface area contributed by atoms with E-state index in [-0.39, 0.29) is 5.75 Å². The molecule has 0 aliphatic rings. The van der Waals surface area contributed by atoms with E-state index in [1.165, 1.54) is 0 Å². The van der Waals surface area contributed by atoms with E-state index in [0.29, 0.717) is 0 Å². The molecule has 5 heteroatoms. The molecule has 0 aromatic heterocycles. The number of benzene rings is 1. The molecule has 0 saturated carbocycles. The predicted octanol–water partition coefficient (Wildman–Crippen LogP) is 2.77. The molecule has 0 spiro atoms. The molecule has 72 valence electrons. The van der Waals surface area contributed by atoms with Crippen molar-refractivity contribution in [2.75, 3.05) is 6.61 Å². The summed E-state index contributed by atoms with van der Waals surface area (Å²) >= 11 is 0. The van der Waals surface area contributed by atoms with Gasteiger partial charge in [0.25, 0.3) is 0 Å². The molecule has 13 heavy (non-hydrogen) atoms. The average Bonchev–Trinajstić information content (AvgIpc) is 2.02. The molecule has 0 aliphatic heterocycles. The smallest absolute Gasteiger partial charge is 0.422 e. The SMILES string of the molecule is Fc1ccc(OCC(F)(F)F)cc1. The maximum Gasteiger partial charge on any atom is 0.422 e. The topological polar surface area (TPSA) is 9.23 Å². The van der Waals surface area contributed by atoms with E-state index in [2.05, 4.69) is 4.74 Å². The third-order valence-corrected chi connectivity index (χ3v) is 1.22. The van der Waals surface area contributed by atoms with Crippen LogP contribution in [0.5, 0.6) is 5.75 Å². The van der Waals surface area contributed by atoms with Gasteiger partial charge in [0.15, 0.2) is 6.61 Å². The molecule has 1 rings (SSSR count). The van der Waals surface area contributed by atoms with Crippen LogP contribution in [0.3, 0.4) is 0 Å². The van der Waals surface area contributed by atoms with Gasteiger partial charge in [-0.1, -0.05) is 0 Å². The molecule has 1 aromatic rings. The molecule has 1 aromatic carbocycles. The molecular formula is C8H6F4O. The number of ether oxygens (including phenoxy) is 1. The van der Waals surface area contributed by atoms with Gasteiger partial charge in [0, 0.05) is 0 Å². The van der Waals surface area contributed by atoms with E-state index in [1.54, 1.807) is 0 Å². The average molecular weight is 194 g/mol. The summed E-state index contributed by atoms with van der Waals surface area (Å²) in [5.41, 5.74) is 0. The lowest BCUT2D eigenvalue weighted by Gasteiger charge is -2.08. The molecule has 0 heterocycles. The van der Waals surface area contributed by atoms with Crippen LogP contribution in [0.1, 0.15) is 0 Å². The van der Waals surface area contributed by atoms with Crippen molar-refractivity contribution in [3.63, 3.8) is 0 Å². The number of halogens is 4. The van der Waals surface area contributed by atoms with E-state index < -0.39 is 18.6 Å². The molecule has 0 unspecified atom stereocenters. The summed E-state index contributed by atoms with van der Waals surface area (Å²) in [6.07, 6.45) is -4.37. The van der Waals surface area contributed by atoms with Crippen molar-refractivity contribution >= 4 is 0 Å². The lowest BCUT2D eigenvalue weighted by atomic mass is 10.3. The fourth-order valence-electron chi connectivity index (χ4n) is 0.696. The largest absolute Gasteiger partial charge is 0.484 e. The van der Waals surface area contributed by atoms with Crippen LogP contribution >= 0.6 is 0 Å². The van der Waals surface area contributed by atoms with E-state index >= 15 is 0 Å². The van der Waals surface area contributed by atoms with E-state index in [4.69, 9.17) is 0 Å². The number of rotatable bonds is 2. The Labute approximate surface area is 71.9 Å². The van der Waals surface area contributed by atoms with Crippen molar-refractivity contribution in [1.29, 1.82) is 0 Å². The summed E-state index contributed by atoms with van der Waals surface area (Å²) in [5.74, 6) is -0.516. The zero-order chi connectivity index (χ0) is 9.90. The summed E-state index contributed by atoms with van der Waals surface area (Å²) in [6, 6.07) is 4.35. The predicted molar refractivity (Wildman–Crippen MR) is 38.0 cm³/mol. The second-order valence-electron chi connectivity index (χ2n) is 2.36. The van der Waals surface area contributed by atoms with Crippen molar-refractivity contribution < 1.29 is 22.3 Å². The Bertz CT molecular complexity index is 264. The standard InChI is InChI=1S/C8H6F4O/c9-6-1-3-7(4-2-6)13-5-8(10,11)12/h1-4H,5H2. The maximum absolute atomic E-state index is 12.3. The van der Waals surface area contributed by atoms with Crippen molar-refractivity contribution in [3.8, 4) is 5.75 Å². The zero-order valence-electron chi connectivity index (χ0n) is 6.44. The third kappa shape index (κ3) is 3.78. The normalized spacial score (nSPS) is 11.4. The molecule has 0 N–H and O–H groups in total. The van der Waals surface area contributed by atoms with E-state index in [9.17, 15) is 17.6 Å². The minimum atomic E-state index is -4.37. The van der Waals surface area contributed by atoms with Gasteiger partial charge in [-0.15, -0.1) is 0 Å². The second kappa shape index (κ2) is 3.64. The molecule has 0 bridgehead atoms. The number of alkyl halides is 3. The Balaban J connectivity index is 2.51. The number of hydrogen-bond donors (Lipinski definition) is 0. The van der Waals surface area contributed by atoms with Crippen LogP contribution in [0.4, 0.5) is 17.6 Å². The third-order valence-electron chi connectivity index (χ3n) is 1.22. The van der Waals surface area contributed by atoms with E-state index in [0.717, 1.165) is 24.3 Å². The van der Waals surface area contributed by atoms with Gasteiger partial charge in [0.05, 0.1) is 0 Å². The van der Waals surface area contributed by atoms with Crippen LogP contribution < -0.4 is 4.74 Å². The first-order chi connectivity index (χ1) is 5.97. The first kappa shape index (κ1) is 9.83. The monoisotopic (exact) mass is 194 g/mol.